The average Bonchev–Trinajstić information content (AvgIpc) is 1.88. The Hall–Kier alpha value is 0.810. The molecule has 0 saturated heterocycles. The minimum Gasteiger partial charge on any atom is -0.0623 e. The topological polar surface area (TPSA) is 0 Å². The van der Waals surface area contributed by atoms with Crippen molar-refractivity contribution in [1.29, 1.82) is 0 Å². The van der Waals surface area contributed by atoms with Gasteiger partial charge in [-0.3, -0.25) is 0 Å². The van der Waals surface area contributed by atoms with Crippen molar-refractivity contribution >= 4 is 49.6 Å². The molecule has 1 aromatic carbocycles. The molecule has 11 heavy (non-hydrogen) atoms. The first kappa shape index (κ1) is 11.8. The maximum absolute atomic E-state index is 4.94. The van der Waals surface area contributed by atoms with E-state index in [4.69, 9.17) is 45.0 Å². The molecule has 63 valence electrons. The van der Waals surface area contributed by atoms with Gasteiger partial charge in [-0.05, 0) is 0 Å². The number of rotatable bonds is 0. The minimum atomic E-state index is -2.50. The highest BCUT2D eigenvalue weighted by Crippen LogP contribution is 2.78. The fourth-order valence-electron chi connectivity index (χ4n) is 0.385. The van der Waals surface area contributed by atoms with Gasteiger partial charge in [-0.25, -0.2) is 0 Å². The average molecular weight is 251 g/mol. The van der Waals surface area contributed by atoms with Crippen molar-refractivity contribution in [3.05, 3.63) is 36.4 Å². The quantitative estimate of drug-likeness (QED) is 0.548. The van der Waals surface area contributed by atoms with Crippen LogP contribution in [-0.4, -0.2) is 0 Å². The van der Waals surface area contributed by atoms with Crippen LogP contribution in [0.3, 0.4) is 0 Å². The summed E-state index contributed by atoms with van der Waals surface area (Å²) in [6.07, 6.45) is 0. The fraction of sp³-hybridized carbons (Fsp3) is 0. The lowest BCUT2D eigenvalue weighted by molar-refractivity contribution is 1.72. The minimum absolute atomic E-state index is 2.00. The number of benzene rings is 1. The van der Waals surface area contributed by atoms with Gasteiger partial charge in [-0.2, -0.15) is 0 Å². The monoisotopic (exact) mass is 249 g/mol. The summed E-state index contributed by atoms with van der Waals surface area (Å²) in [5.74, 6) is 0. The molecular weight excluding hydrogens is 245 g/mol. The second kappa shape index (κ2) is 6.34. The summed E-state index contributed by atoms with van der Waals surface area (Å²) in [5, 5.41) is 0. The van der Waals surface area contributed by atoms with E-state index in [1.54, 1.807) is 0 Å². The van der Waals surface area contributed by atoms with Crippen molar-refractivity contribution in [3.63, 3.8) is 0 Å². The normalized spacial score (nSPS) is 9.82. The first-order valence-electron chi connectivity index (χ1n) is 2.68. The molecule has 1 aromatic rings. The third kappa shape index (κ3) is 18.1. The zero-order chi connectivity index (χ0) is 8.74. The van der Waals surface area contributed by atoms with Gasteiger partial charge in [0.2, 0.25) is 4.67 Å². The summed E-state index contributed by atoms with van der Waals surface area (Å²) in [7, 11) is 0. The van der Waals surface area contributed by atoms with Crippen molar-refractivity contribution in [2.24, 2.45) is 0 Å². The largest absolute Gasteiger partial charge is 0.205 e. The molecule has 0 fully saturated rings. The van der Waals surface area contributed by atoms with Crippen LogP contribution in [0, 0.1) is 0 Å². The number of hydrogen-bond donors (Lipinski definition) is 0. The van der Waals surface area contributed by atoms with E-state index in [0.29, 0.717) is 0 Å². The van der Waals surface area contributed by atoms with Gasteiger partial charge in [0.05, 0.1) is 0 Å². The van der Waals surface area contributed by atoms with Crippen LogP contribution < -0.4 is 0 Å². The lowest BCUT2D eigenvalue weighted by Gasteiger charge is -1.93. The molecule has 5 heteroatoms. The van der Waals surface area contributed by atoms with E-state index in [2.05, 4.69) is 0 Å². The van der Waals surface area contributed by atoms with Crippen LogP contribution in [-0.2, 0) is 0 Å². The maximum atomic E-state index is 4.94. The summed E-state index contributed by atoms with van der Waals surface area (Å²) < 4.78 is -2.50. The number of hydrogen-bond acceptors (Lipinski definition) is 0. The molecule has 0 amide bonds. The first-order valence-corrected chi connectivity index (χ1v) is 8.09. The molecule has 0 spiro atoms. The zero-order valence-electron chi connectivity index (χ0n) is 5.42. The molecule has 0 N–H and O–H groups in total. The van der Waals surface area contributed by atoms with Crippen LogP contribution in [0.4, 0.5) is 0 Å². The molecule has 0 atom stereocenters. The summed E-state index contributed by atoms with van der Waals surface area (Å²) in [6.45, 7) is 0. The van der Waals surface area contributed by atoms with Gasteiger partial charge in [0, 0.05) is 0 Å². The van der Waals surface area contributed by atoms with E-state index in [0.717, 1.165) is 0 Å². The van der Waals surface area contributed by atoms with Crippen molar-refractivity contribution in [2.75, 3.05) is 0 Å². The highest BCUT2D eigenvalue weighted by Gasteiger charge is 2.08. The highest BCUT2D eigenvalue weighted by molar-refractivity contribution is 8.46. The highest BCUT2D eigenvalue weighted by atomic mass is 36.2. The third-order valence-corrected chi connectivity index (χ3v) is 0.667. The van der Waals surface area contributed by atoms with Crippen molar-refractivity contribution < 1.29 is 0 Å². The zero-order valence-corrected chi connectivity index (χ0v) is 9.34. The Kier molecular flexibility index (Phi) is 6.81. The molecule has 1 radical (unpaired) electrons. The van der Waals surface area contributed by atoms with E-state index in [1.807, 2.05) is 36.4 Å². The van der Waals surface area contributed by atoms with E-state index < -0.39 is 4.67 Å². The standard InChI is InChI=1S/C6H6.Cl4P/c1-2-4-6-5-3-1;1-5(2,3)4/h1-6H;. The van der Waals surface area contributed by atoms with Crippen molar-refractivity contribution in [1.82, 2.24) is 0 Å². The third-order valence-electron chi connectivity index (χ3n) is 0.667. The van der Waals surface area contributed by atoms with Crippen molar-refractivity contribution in [3.8, 4) is 0 Å². The predicted molar refractivity (Wildman–Crippen MR) is 56.8 cm³/mol. The molecular formula is C6H6Cl4P. The Morgan fingerprint density at radius 3 is 0.727 bits per heavy atom. The smallest absolute Gasteiger partial charge is 0.0623 e. The second-order valence-corrected chi connectivity index (χ2v) is 11.5. The molecule has 0 heterocycles. The molecule has 1 rings (SSSR count). The molecule has 0 unspecified atom stereocenters. The fourth-order valence-corrected chi connectivity index (χ4v) is 0.385. The van der Waals surface area contributed by atoms with Gasteiger partial charge < -0.3 is 0 Å². The van der Waals surface area contributed by atoms with Gasteiger partial charge in [-0.15, -0.1) is 0 Å². The SMILES string of the molecule is Cl[P](Cl)(Cl)Cl.c1ccccc1. The second-order valence-electron chi connectivity index (χ2n) is 1.54. The molecule has 0 nitrogen and oxygen atoms in total. The Balaban J connectivity index is 0.000000187. The summed E-state index contributed by atoms with van der Waals surface area (Å²) in [4.78, 5) is 0. The Labute approximate surface area is 85.9 Å². The van der Waals surface area contributed by atoms with E-state index in [1.165, 1.54) is 0 Å². The summed E-state index contributed by atoms with van der Waals surface area (Å²) in [5.41, 5.74) is 0. The van der Waals surface area contributed by atoms with Crippen LogP contribution in [0.25, 0.3) is 0 Å². The molecule has 0 bridgehead atoms. The maximum Gasteiger partial charge on any atom is 0.205 e. The Bertz CT molecular complexity index is 139. The van der Waals surface area contributed by atoms with Gasteiger partial charge in [0.15, 0.2) is 0 Å². The van der Waals surface area contributed by atoms with Crippen LogP contribution in [0.15, 0.2) is 36.4 Å². The summed E-state index contributed by atoms with van der Waals surface area (Å²) >= 11 is 19.8. The van der Waals surface area contributed by atoms with Gasteiger partial charge in [0.1, 0.15) is 0 Å². The summed E-state index contributed by atoms with van der Waals surface area (Å²) in [6, 6.07) is 12.0. The molecule has 0 aromatic heterocycles. The molecule has 0 saturated carbocycles. The van der Waals surface area contributed by atoms with Gasteiger partial charge >= 0.3 is 0 Å². The van der Waals surface area contributed by atoms with Crippen molar-refractivity contribution in [2.45, 2.75) is 0 Å². The molecule has 0 aliphatic carbocycles. The van der Waals surface area contributed by atoms with E-state index in [-0.39, 0.29) is 0 Å². The van der Waals surface area contributed by atoms with Gasteiger partial charge in [-0.1, -0.05) is 81.4 Å². The lowest BCUT2D eigenvalue weighted by Crippen LogP contribution is -1.47. The first-order chi connectivity index (χ1) is 5.00. The van der Waals surface area contributed by atoms with E-state index >= 15 is 0 Å². The molecule has 0 aliphatic rings. The predicted octanol–water partition coefficient (Wildman–Crippen LogP) is 5.31. The lowest BCUT2D eigenvalue weighted by atomic mass is 10.4. The van der Waals surface area contributed by atoms with Crippen LogP contribution in [0.5, 0.6) is 0 Å². The van der Waals surface area contributed by atoms with Crippen LogP contribution in [0.1, 0.15) is 0 Å². The molecule has 0 aliphatic heterocycles. The Morgan fingerprint density at radius 2 is 0.636 bits per heavy atom. The Morgan fingerprint density at radius 1 is 0.545 bits per heavy atom. The number of halogens is 4. The van der Waals surface area contributed by atoms with Crippen LogP contribution >= 0.6 is 49.6 Å². The van der Waals surface area contributed by atoms with Gasteiger partial charge in [0.25, 0.3) is 0 Å². The van der Waals surface area contributed by atoms with E-state index in [9.17, 15) is 0 Å². The van der Waals surface area contributed by atoms with Crippen LogP contribution in [0.2, 0.25) is 0 Å².